The molecule has 1 aliphatic rings. The number of para-hydroxylation sites is 1. The number of benzene rings is 1. The van der Waals surface area contributed by atoms with Crippen molar-refractivity contribution in [2.75, 3.05) is 25.0 Å². The number of likely N-dealkylation sites (N-methyl/N-ethyl adjacent to an activating group) is 1. The van der Waals surface area contributed by atoms with Crippen LogP contribution < -0.4 is 10.6 Å². The van der Waals surface area contributed by atoms with Gasteiger partial charge in [0, 0.05) is 36.9 Å². The Balaban J connectivity index is 2.27. The second-order valence-electron chi connectivity index (χ2n) is 5.62. The number of nitrogens with two attached hydrogens (primary N) is 1. The molecule has 0 bridgehead atoms. The van der Waals surface area contributed by atoms with Gasteiger partial charge in [0.25, 0.3) is 0 Å². The highest BCUT2D eigenvalue weighted by Crippen LogP contribution is 2.28. The molecule has 0 aliphatic carbocycles. The van der Waals surface area contributed by atoms with E-state index in [1.54, 1.807) is 0 Å². The zero-order valence-electron chi connectivity index (χ0n) is 11.9. The van der Waals surface area contributed by atoms with E-state index in [0.29, 0.717) is 12.1 Å². The van der Waals surface area contributed by atoms with Gasteiger partial charge in [-0.15, -0.1) is 0 Å². The van der Waals surface area contributed by atoms with Gasteiger partial charge in [0.15, 0.2) is 0 Å². The van der Waals surface area contributed by atoms with Crippen LogP contribution in [0, 0.1) is 0 Å². The third-order valence-corrected chi connectivity index (χ3v) is 4.13. The van der Waals surface area contributed by atoms with Crippen molar-refractivity contribution in [2.24, 2.45) is 5.73 Å². The quantitative estimate of drug-likeness (QED) is 0.870. The molecule has 2 unspecified atom stereocenters. The maximum absolute atomic E-state index is 6.08. The molecule has 2 rings (SSSR count). The molecule has 1 fully saturated rings. The van der Waals surface area contributed by atoms with Crippen molar-refractivity contribution in [3.8, 4) is 0 Å². The van der Waals surface area contributed by atoms with E-state index in [0.717, 1.165) is 13.1 Å². The number of rotatable bonds is 2. The van der Waals surface area contributed by atoms with Gasteiger partial charge in [-0.25, -0.2) is 0 Å². The summed E-state index contributed by atoms with van der Waals surface area (Å²) in [4.78, 5) is 4.93. The van der Waals surface area contributed by atoms with E-state index in [2.05, 4.69) is 61.9 Å². The molecule has 2 N–H and O–H groups in total. The van der Waals surface area contributed by atoms with Crippen molar-refractivity contribution in [1.29, 1.82) is 0 Å². The maximum atomic E-state index is 6.08. The first-order chi connectivity index (χ1) is 8.50. The Morgan fingerprint density at radius 1 is 1.17 bits per heavy atom. The van der Waals surface area contributed by atoms with Gasteiger partial charge in [-0.3, -0.25) is 4.90 Å². The van der Waals surface area contributed by atoms with Crippen molar-refractivity contribution in [2.45, 2.75) is 38.9 Å². The SMILES string of the molecule is CC1CN(c2ccccc2[C@@H](C)N)CC(C)N1C. The highest BCUT2D eigenvalue weighted by molar-refractivity contribution is 5.55. The summed E-state index contributed by atoms with van der Waals surface area (Å²) in [6, 6.07) is 9.77. The lowest BCUT2D eigenvalue weighted by atomic mass is 10.0. The summed E-state index contributed by atoms with van der Waals surface area (Å²) in [5.41, 5.74) is 8.64. The number of piperazine rings is 1. The lowest BCUT2D eigenvalue weighted by Gasteiger charge is -2.44. The van der Waals surface area contributed by atoms with E-state index < -0.39 is 0 Å². The molecular formula is C15H25N3. The molecule has 3 heteroatoms. The Bertz CT molecular complexity index is 390. The summed E-state index contributed by atoms with van der Waals surface area (Å²) in [6.45, 7) is 8.78. The zero-order valence-corrected chi connectivity index (χ0v) is 11.9. The fourth-order valence-corrected chi connectivity index (χ4v) is 2.76. The molecule has 1 aromatic rings. The van der Waals surface area contributed by atoms with Gasteiger partial charge in [0.05, 0.1) is 0 Å². The van der Waals surface area contributed by atoms with Gasteiger partial charge in [-0.05, 0) is 39.4 Å². The molecule has 0 amide bonds. The van der Waals surface area contributed by atoms with Crippen LogP contribution in [0.3, 0.4) is 0 Å². The van der Waals surface area contributed by atoms with Gasteiger partial charge in [-0.2, -0.15) is 0 Å². The van der Waals surface area contributed by atoms with E-state index in [1.165, 1.54) is 11.3 Å². The molecule has 3 atom stereocenters. The molecule has 0 aromatic heterocycles. The van der Waals surface area contributed by atoms with Crippen molar-refractivity contribution >= 4 is 5.69 Å². The normalized spacial score (nSPS) is 27.3. The molecule has 0 radical (unpaired) electrons. The average Bonchev–Trinajstić information content (AvgIpc) is 2.35. The predicted octanol–water partition coefficient (Wildman–Crippen LogP) is 2.24. The van der Waals surface area contributed by atoms with Crippen LogP contribution in [0.25, 0.3) is 0 Å². The van der Waals surface area contributed by atoms with Crippen LogP contribution >= 0.6 is 0 Å². The fourth-order valence-electron chi connectivity index (χ4n) is 2.76. The third-order valence-electron chi connectivity index (χ3n) is 4.13. The third kappa shape index (κ3) is 2.52. The topological polar surface area (TPSA) is 32.5 Å². The Morgan fingerprint density at radius 2 is 1.72 bits per heavy atom. The van der Waals surface area contributed by atoms with Crippen molar-refractivity contribution in [3.05, 3.63) is 29.8 Å². The Morgan fingerprint density at radius 3 is 2.28 bits per heavy atom. The largest absolute Gasteiger partial charge is 0.368 e. The molecule has 0 spiro atoms. The van der Waals surface area contributed by atoms with Gasteiger partial charge in [0.1, 0.15) is 0 Å². The summed E-state index contributed by atoms with van der Waals surface area (Å²) in [5, 5.41) is 0. The minimum atomic E-state index is 0.0893. The number of anilines is 1. The summed E-state index contributed by atoms with van der Waals surface area (Å²) in [7, 11) is 2.21. The minimum absolute atomic E-state index is 0.0893. The monoisotopic (exact) mass is 247 g/mol. The Kier molecular flexibility index (Phi) is 3.93. The van der Waals surface area contributed by atoms with Crippen LogP contribution in [0.2, 0.25) is 0 Å². The second kappa shape index (κ2) is 5.29. The van der Waals surface area contributed by atoms with E-state index in [4.69, 9.17) is 5.73 Å². The Hall–Kier alpha value is -1.06. The van der Waals surface area contributed by atoms with Crippen LogP contribution in [0.5, 0.6) is 0 Å². The molecule has 100 valence electrons. The van der Waals surface area contributed by atoms with Crippen LogP contribution in [0.1, 0.15) is 32.4 Å². The first kappa shape index (κ1) is 13.4. The predicted molar refractivity (Wildman–Crippen MR) is 77.9 cm³/mol. The highest BCUT2D eigenvalue weighted by Gasteiger charge is 2.27. The highest BCUT2D eigenvalue weighted by atomic mass is 15.3. The van der Waals surface area contributed by atoms with E-state index in [-0.39, 0.29) is 6.04 Å². The summed E-state index contributed by atoms with van der Waals surface area (Å²) in [6.07, 6.45) is 0. The number of hydrogen-bond acceptors (Lipinski definition) is 3. The van der Waals surface area contributed by atoms with Gasteiger partial charge in [0.2, 0.25) is 0 Å². The molecule has 1 aliphatic heterocycles. The number of hydrogen-bond donors (Lipinski definition) is 1. The van der Waals surface area contributed by atoms with Gasteiger partial charge in [-0.1, -0.05) is 18.2 Å². The minimum Gasteiger partial charge on any atom is -0.368 e. The van der Waals surface area contributed by atoms with Crippen LogP contribution in [0.4, 0.5) is 5.69 Å². The molecular weight excluding hydrogens is 222 g/mol. The zero-order chi connectivity index (χ0) is 13.3. The average molecular weight is 247 g/mol. The molecule has 1 aromatic carbocycles. The van der Waals surface area contributed by atoms with Crippen LogP contribution in [-0.2, 0) is 0 Å². The van der Waals surface area contributed by atoms with Gasteiger partial charge < -0.3 is 10.6 Å². The van der Waals surface area contributed by atoms with E-state index in [1.807, 2.05) is 0 Å². The van der Waals surface area contributed by atoms with Crippen LogP contribution in [0.15, 0.2) is 24.3 Å². The molecule has 1 heterocycles. The fraction of sp³-hybridized carbons (Fsp3) is 0.600. The van der Waals surface area contributed by atoms with E-state index >= 15 is 0 Å². The standard InChI is InChI=1S/C15H25N3/c1-11-9-18(10-12(2)17(11)4)15-8-6-5-7-14(15)13(3)16/h5-8,11-13H,9-10,16H2,1-4H3/t11?,12?,13-/m1/s1. The van der Waals surface area contributed by atoms with Crippen molar-refractivity contribution in [1.82, 2.24) is 4.90 Å². The second-order valence-corrected chi connectivity index (χ2v) is 5.62. The summed E-state index contributed by atoms with van der Waals surface area (Å²) < 4.78 is 0. The molecule has 3 nitrogen and oxygen atoms in total. The maximum Gasteiger partial charge on any atom is 0.0415 e. The summed E-state index contributed by atoms with van der Waals surface area (Å²) in [5.74, 6) is 0. The lowest BCUT2D eigenvalue weighted by Crippen LogP contribution is -2.55. The van der Waals surface area contributed by atoms with E-state index in [9.17, 15) is 0 Å². The summed E-state index contributed by atoms with van der Waals surface area (Å²) >= 11 is 0. The van der Waals surface area contributed by atoms with Crippen molar-refractivity contribution < 1.29 is 0 Å². The molecule has 18 heavy (non-hydrogen) atoms. The Labute approximate surface area is 111 Å². The first-order valence-corrected chi connectivity index (χ1v) is 6.82. The molecule has 1 saturated heterocycles. The van der Waals surface area contributed by atoms with Gasteiger partial charge >= 0.3 is 0 Å². The van der Waals surface area contributed by atoms with Crippen LogP contribution in [-0.4, -0.2) is 37.1 Å². The first-order valence-electron chi connectivity index (χ1n) is 6.82. The molecule has 0 saturated carbocycles. The number of nitrogens with zero attached hydrogens (tertiary/aromatic N) is 2. The van der Waals surface area contributed by atoms with Crippen molar-refractivity contribution in [3.63, 3.8) is 0 Å². The smallest absolute Gasteiger partial charge is 0.0415 e. The lowest BCUT2D eigenvalue weighted by molar-refractivity contribution is 0.170.